The van der Waals surface area contributed by atoms with E-state index in [0.717, 1.165) is 11.3 Å². The molecule has 2 aromatic rings. The Morgan fingerprint density at radius 1 is 1.17 bits per heavy atom. The number of carbonyl (C=O) groups is 1. The van der Waals surface area contributed by atoms with Crippen molar-refractivity contribution >= 4 is 17.7 Å². The Morgan fingerprint density at radius 2 is 1.96 bits per heavy atom. The van der Waals surface area contributed by atoms with Gasteiger partial charge in [-0.2, -0.15) is 0 Å². The summed E-state index contributed by atoms with van der Waals surface area (Å²) < 4.78 is 15.9. The van der Waals surface area contributed by atoms with E-state index in [1.165, 1.54) is 6.08 Å². The molecule has 0 saturated heterocycles. The van der Waals surface area contributed by atoms with Crippen molar-refractivity contribution in [3.8, 4) is 17.2 Å². The van der Waals surface area contributed by atoms with Crippen molar-refractivity contribution in [3.63, 3.8) is 0 Å². The van der Waals surface area contributed by atoms with E-state index in [1.54, 1.807) is 24.3 Å². The zero-order valence-electron chi connectivity index (χ0n) is 12.7. The third kappa shape index (κ3) is 3.83. The molecule has 0 radical (unpaired) electrons. The molecule has 2 aromatic carbocycles. The predicted octanol–water partition coefficient (Wildman–Crippen LogP) is 3.47. The lowest BCUT2D eigenvalue weighted by atomic mass is 10.2. The zero-order chi connectivity index (χ0) is 16.1. The van der Waals surface area contributed by atoms with Crippen molar-refractivity contribution in [2.24, 2.45) is 0 Å². The standard InChI is InChI=1S/C18H17NO4/c1-2-21-15-7-3-13(4-8-15)5-10-18(20)19-14-6-9-16-17(11-14)23-12-22-16/h3-11H,2,12H2,1H3,(H,19,20)/b10-5-. The third-order valence-corrected chi connectivity index (χ3v) is 3.26. The van der Waals surface area contributed by atoms with Gasteiger partial charge >= 0.3 is 0 Å². The Balaban J connectivity index is 1.60. The molecular weight excluding hydrogens is 294 g/mol. The van der Waals surface area contributed by atoms with Crippen molar-refractivity contribution < 1.29 is 19.0 Å². The van der Waals surface area contributed by atoms with Gasteiger partial charge in [-0.05, 0) is 42.8 Å². The first-order chi connectivity index (χ1) is 11.2. The number of rotatable bonds is 5. The molecule has 23 heavy (non-hydrogen) atoms. The van der Waals surface area contributed by atoms with Crippen LogP contribution in [0.3, 0.4) is 0 Å². The highest BCUT2D eigenvalue weighted by molar-refractivity contribution is 6.02. The van der Waals surface area contributed by atoms with Crippen LogP contribution < -0.4 is 19.5 Å². The Kier molecular flexibility index (Phi) is 4.47. The average molecular weight is 311 g/mol. The molecule has 1 heterocycles. The first-order valence-corrected chi connectivity index (χ1v) is 7.36. The largest absolute Gasteiger partial charge is 0.494 e. The maximum atomic E-state index is 12.0. The zero-order valence-corrected chi connectivity index (χ0v) is 12.7. The molecule has 1 amide bonds. The van der Waals surface area contributed by atoms with Gasteiger partial charge in [0, 0.05) is 17.8 Å². The van der Waals surface area contributed by atoms with Gasteiger partial charge in [-0.3, -0.25) is 4.79 Å². The molecule has 0 spiro atoms. The van der Waals surface area contributed by atoms with Gasteiger partial charge in [-0.1, -0.05) is 12.1 Å². The van der Waals surface area contributed by atoms with Crippen LogP contribution in [0, 0.1) is 0 Å². The molecular formula is C18H17NO4. The summed E-state index contributed by atoms with van der Waals surface area (Å²) in [5.74, 6) is 1.93. The summed E-state index contributed by atoms with van der Waals surface area (Å²) in [6.07, 6.45) is 3.23. The first kappa shape index (κ1) is 15.0. The molecule has 0 aromatic heterocycles. The normalized spacial score (nSPS) is 12.4. The van der Waals surface area contributed by atoms with Gasteiger partial charge < -0.3 is 19.5 Å². The number of amides is 1. The molecule has 0 unspecified atom stereocenters. The molecule has 0 fully saturated rings. The van der Waals surface area contributed by atoms with E-state index in [4.69, 9.17) is 14.2 Å². The van der Waals surface area contributed by atoms with Crippen molar-refractivity contribution in [1.82, 2.24) is 0 Å². The van der Waals surface area contributed by atoms with E-state index in [2.05, 4.69) is 5.32 Å². The fraction of sp³-hybridized carbons (Fsp3) is 0.167. The molecule has 5 heteroatoms. The topological polar surface area (TPSA) is 56.8 Å². The van der Waals surface area contributed by atoms with Gasteiger partial charge in [0.25, 0.3) is 0 Å². The van der Waals surface area contributed by atoms with Gasteiger partial charge in [0.1, 0.15) is 5.75 Å². The Hall–Kier alpha value is -2.95. The van der Waals surface area contributed by atoms with Gasteiger partial charge in [0.15, 0.2) is 11.5 Å². The lowest BCUT2D eigenvalue weighted by Gasteiger charge is -2.04. The molecule has 0 atom stereocenters. The number of ether oxygens (including phenoxy) is 3. The lowest BCUT2D eigenvalue weighted by molar-refractivity contribution is -0.111. The van der Waals surface area contributed by atoms with E-state index < -0.39 is 0 Å². The predicted molar refractivity (Wildman–Crippen MR) is 87.8 cm³/mol. The molecule has 1 aliphatic rings. The maximum Gasteiger partial charge on any atom is 0.248 e. The molecule has 0 aliphatic carbocycles. The molecule has 1 aliphatic heterocycles. The van der Waals surface area contributed by atoms with Crippen molar-refractivity contribution in [1.29, 1.82) is 0 Å². The van der Waals surface area contributed by atoms with Gasteiger partial charge in [0.05, 0.1) is 6.61 Å². The monoisotopic (exact) mass is 311 g/mol. The molecule has 5 nitrogen and oxygen atoms in total. The summed E-state index contributed by atoms with van der Waals surface area (Å²) in [5.41, 5.74) is 1.59. The summed E-state index contributed by atoms with van der Waals surface area (Å²) in [6.45, 7) is 2.78. The third-order valence-electron chi connectivity index (χ3n) is 3.26. The minimum atomic E-state index is -0.210. The quantitative estimate of drug-likeness (QED) is 0.859. The van der Waals surface area contributed by atoms with Crippen molar-refractivity contribution in [3.05, 3.63) is 54.1 Å². The van der Waals surface area contributed by atoms with Crippen molar-refractivity contribution in [2.45, 2.75) is 6.92 Å². The van der Waals surface area contributed by atoms with Crippen LogP contribution in [-0.4, -0.2) is 19.3 Å². The first-order valence-electron chi connectivity index (χ1n) is 7.36. The highest BCUT2D eigenvalue weighted by Crippen LogP contribution is 2.34. The molecule has 1 N–H and O–H groups in total. The highest BCUT2D eigenvalue weighted by Gasteiger charge is 2.13. The van der Waals surface area contributed by atoms with Crippen LogP contribution in [-0.2, 0) is 4.79 Å². The molecule has 0 saturated carbocycles. The summed E-state index contributed by atoms with van der Waals surface area (Å²) >= 11 is 0. The van der Waals surface area contributed by atoms with Crippen LogP contribution in [0.15, 0.2) is 48.5 Å². The van der Waals surface area contributed by atoms with E-state index in [0.29, 0.717) is 23.8 Å². The van der Waals surface area contributed by atoms with E-state index >= 15 is 0 Å². The summed E-state index contributed by atoms with van der Waals surface area (Å²) in [4.78, 5) is 12.0. The minimum Gasteiger partial charge on any atom is -0.494 e. The average Bonchev–Trinajstić information content (AvgIpc) is 3.02. The Labute approximate surface area is 134 Å². The SMILES string of the molecule is CCOc1ccc(/C=C\C(=O)Nc2ccc3c(c2)OCO3)cc1. The number of carbonyl (C=O) groups excluding carboxylic acids is 1. The molecule has 0 bridgehead atoms. The number of fused-ring (bicyclic) bond motifs is 1. The lowest BCUT2D eigenvalue weighted by Crippen LogP contribution is -2.07. The van der Waals surface area contributed by atoms with Crippen LogP contribution in [0.2, 0.25) is 0 Å². The number of nitrogens with one attached hydrogen (secondary N) is 1. The maximum absolute atomic E-state index is 12.0. The van der Waals surface area contributed by atoms with Crippen LogP contribution in [0.4, 0.5) is 5.69 Å². The molecule has 3 rings (SSSR count). The van der Waals surface area contributed by atoms with E-state index in [-0.39, 0.29) is 12.7 Å². The Morgan fingerprint density at radius 3 is 2.74 bits per heavy atom. The van der Waals surface area contributed by atoms with E-state index in [1.807, 2.05) is 31.2 Å². The number of hydrogen-bond donors (Lipinski definition) is 1. The number of hydrogen-bond acceptors (Lipinski definition) is 4. The van der Waals surface area contributed by atoms with Crippen LogP contribution in [0.1, 0.15) is 12.5 Å². The second-order valence-corrected chi connectivity index (χ2v) is 4.89. The minimum absolute atomic E-state index is 0.210. The second-order valence-electron chi connectivity index (χ2n) is 4.89. The fourth-order valence-corrected chi connectivity index (χ4v) is 2.17. The number of benzene rings is 2. The van der Waals surface area contributed by atoms with Crippen LogP contribution in [0.25, 0.3) is 6.08 Å². The Bertz CT molecular complexity index is 722. The van der Waals surface area contributed by atoms with Gasteiger partial charge in [0.2, 0.25) is 12.7 Å². The summed E-state index contributed by atoms with van der Waals surface area (Å²) in [5, 5.41) is 2.79. The van der Waals surface area contributed by atoms with Crippen molar-refractivity contribution in [2.75, 3.05) is 18.7 Å². The summed E-state index contributed by atoms with van der Waals surface area (Å²) in [7, 11) is 0. The fourth-order valence-electron chi connectivity index (χ4n) is 2.17. The second kappa shape index (κ2) is 6.87. The van der Waals surface area contributed by atoms with E-state index in [9.17, 15) is 4.79 Å². The highest BCUT2D eigenvalue weighted by atomic mass is 16.7. The van der Waals surface area contributed by atoms with Crippen LogP contribution >= 0.6 is 0 Å². The smallest absolute Gasteiger partial charge is 0.248 e. The molecule has 118 valence electrons. The number of anilines is 1. The summed E-state index contributed by atoms with van der Waals surface area (Å²) in [6, 6.07) is 12.8. The van der Waals surface area contributed by atoms with Gasteiger partial charge in [-0.25, -0.2) is 0 Å². The van der Waals surface area contributed by atoms with Gasteiger partial charge in [-0.15, -0.1) is 0 Å². The van der Waals surface area contributed by atoms with Crippen LogP contribution in [0.5, 0.6) is 17.2 Å².